The third-order valence-electron chi connectivity index (χ3n) is 2.57. The minimum absolute atomic E-state index is 0.286. The molecule has 0 amide bonds. The molecule has 1 aliphatic carbocycles. The Morgan fingerprint density at radius 1 is 1.69 bits per heavy atom. The van der Waals surface area contributed by atoms with Gasteiger partial charge in [-0.1, -0.05) is 6.42 Å². The summed E-state index contributed by atoms with van der Waals surface area (Å²) in [6, 6.07) is -0.472. The second kappa shape index (κ2) is 4.07. The molecule has 0 bridgehead atoms. The molecule has 4 nitrogen and oxygen atoms in total. The lowest BCUT2D eigenvalue weighted by atomic mass is 9.81. The summed E-state index contributed by atoms with van der Waals surface area (Å²) < 4.78 is 4.79. The van der Waals surface area contributed by atoms with Gasteiger partial charge in [-0.05, 0) is 26.2 Å². The first kappa shape index (κ1) is 10.5. The number of aliphatic hydroxyl groups is 1. The van der Waals surface area contributed by atoms with Crippen LogP contribution in [0.3, 0.4) is 0 Å². The van der Waals surface area contributed by atoms with Gasteiger partial charge in [-0.2, -0.15) is 0 Å². The van der Waals surface area contributed by atoms with E-state index in [2.05, 4.69) is 0 Å². The third-order valence-corrected chi connectivity index (χ3v) is 2.57. The van der Waals surface area contributed by atoms with Crippen molar-refractivity contribution < 1.29 is 14.6 Å². The molecule has 0 aliphatic heterocycles. The van der Waals surface area contributed by atoms with Gasteiger partial charge in [-0.25, -0.2) is 4.79 Å². The van der Waals surface area contributed by atoms with Gasteiger partial charge >= 0.3 is 5.97 Å². The SMILES string of the molecule is CCOC(=O)[C@@]1(O)CCCC[C@H]1N. The molecule has 2 atom stereocenters. The van der Waals surface area contributed by atoms with Crippen LogP contribution in [0.1, 0.15) is 32.6 Å². The first-order chi connectivity index (χ1) is 6.11. The number of hydrogen-bond donors (Lipinski definition) is 2. The second-order valence-electron chi connectivity index (χ2n) is 3.50. The zero-order valence-electron chi connectivity index (χ0n) is 7.95. The van der Waals surface area contributed by atoms with E-state index in [4.69, 9.17) is 10.5 Å². The lowest BCUT2D eigenvalue weighted by molar-refractivity contribution is -0.170. The van der Waals surface area contributed by atoms with Gasteiger partial charge in [0, 0.05) is 6.04 Å². The minimum atomic E-state index is -1.44. The second-order valence-corrected chi connectivity index (χ2v) is 3.50. The van der Waals surface area contributed by atoms with Crippen molar-refractivity contribution in [3.05, 3.63) is 0 Å². The quantitative estimate of drug-likeness (QED) is 0.605. The highest BCUT2D eigenvalue weighted by atomic mass is 16.5. The molecule has 3 N–H and O–H groups in total. The Morgan fingerprint density at radius 2 is 2.38 bits per heavy atom. The molecule has 0 aromatic heterocycles. The van der Waals surface area contributed by atoms with Gasteiger partial charge in [0.1, 0.15) is 0 Å². The monoisotopic (exact) mass is 187 g/mol. The lowest BCUT2D eigenvalue weighted by Crippen LogP contribution is -2.56. The van der Waals surface area contributed by atoms with Crippen LogP contribution in [0.2, 0.25) is 0 Å². The van der Waals surface area contributed by atoms with Gasteiger partial charge in [-0.3, -0.25) is 0 Å². The molecule has 0 aromatic rings. The number of carbonyl (C=O) groups is 1. The third kappa shape index (κ3) is 2.00. The Morgan fingerprint density at radius 3 is 2.92 bits per heavy atom. The van der Waals surface area contributed by atoms with E-state index in [0.29, 0.717) is 12.8 Å². The standard InChI is InChI=1S/C9H17NO3/c1-2-13-8(11)9(12)6-4-3-5-7(9)10/h7,12H,2-6,10H2,1H3/t7-,9-/m1/s1. The fraction of sp³-hybridized carbons (Fsp3) is 0.889. The molecule has 13 heavy (non-hydrogen) atoms. The summed E-state index contributed by atoms with van der Waals surface area (Å²) in [6.45, 7) is 2.00. The van der Waals surface area contributed by atoms with Crippen LogP contribution in [-0.4, -0.2) is 29.3 Å². The molecule has 4 heteroatoms. The highest BCUT2D eigenvalue weighted by Crippen LogP contribution is 2.28. The summed E-state index contributed by atoms with van der Waals surface area (Å²) in [5.74, 6) is -0.567. The topological polar surface area (TPSA) is 72.5 Å². The van der Waals surface area contributed by atoms with Crippen LogP contribution >= 0.6 is 0 Å². The first-order valence-corrected chi connectivity index (χ1v) is 4.76. The Hall–Kier alpha value is -0.610. The van der Waals surface area contributed by atoms with Crippen molar-refractivity contribution in [2.75, 3.05) is 6.61 Å². The van der Waals surface area contributed by atoms with Crippen LogP contribution in [0.5, 0.6) is 0 Å². The van der Waals surface area contributed by atoms with Crippen LogP contribution in [0.4, 0.5) is 0 Å². The maximum absolute atomic E-state index is 11.4. The van der Waals surface area contributed by atoms with Crippen molar-refractivity contribution in [2.24, 2.45) is 5.73 Å². The van der Waals surface area contributed by atoms with E-state index in [1.54, 1.807) is 6.92 Å². The summed E-state index contributed by atoms with van der Waals surface area (Å²) in [5.41, 5.74) is 4.26. The molecule has 0 aromatic carbocycles. The smallest absolute Gasteiger partial charge is 0.339 e. The Balaban J connectivity index is 2.65. The molecule has 0 saturated heterocycles. The fourth-order valence-corrected chi connectivity index (χ4v) is 1.69. The van der Waals surface area contributed by atoms with Crippen molar-refractivity contribution in [3.8, 4) is 0 Å². The molecule has 0 unspecified atom stereocenters. The Kier molecular flexibility index (Phi) is 3.27. The molecule has 1 rings (SSSR count). The number of hydrogen-bond acceptors (Lipinski definition) is 4. The van der Waals surface area contributed by atoms with Gasteiger partial charge in [0.25, 0.3) is 0 Å². The average Bonchev–Trinajstić information content (AvgIpc) is 2.11. The molecule has 0 heterocycles. The van der Waals surface area contributed by atoms with Gasteiger partial charge in [0.05, 0.1) is 6.61 Å². The van der Waals surface area contributed by atoms with E-state index >= 15 is 0 Å². The number of carbonyl (C=O) groups excluding carboxylic acids is 1. The van der Waals surface area contributed by atoms with Crippen LogP contribution in [0.15, 0.2) is 0 Å². The minimum Gasteiger partial charge on any atom is -0.464 e. The molecular formula is C9H17NO3. The zero-order chi connectivity index (χ0) is 9.90. The Bertz CT molecular complexity index is 195. The molecule has 76 valence electrons. The van der Waals surface area contributed by atoms with Crippen LogP contribution < -0.4 is 5.73 Å². The van der Waals surface area contributed by atoms with Crippen LogP contribution in [-0.2, 0) is 9.53 Å². The maximum atomic E-state index is 11.4. The summed E-state index contributed by atoms with van der Waals surface area (Å²) in [4.78, 5) is 11.4. The molecule has 1 aliphatic rings. The van der Waals surface area contributed by atoms with E-state index in [-0.39, 0.29) is 6.61 Å². The largest absolute Gasteiger partial charge is 0.464 e. The summed E-state index contributed by atoms with van der Waals surface area (Å²) in [6.07, 6.45) is 2.92. The number of rotatable bonds is 2. The number of esters is 1. The predicted molar refractivity (Wildman–Crippen MR) is 48.0 cm³/mol. The van der Waals surface area contributed by atoms with E-state index in [1.807, 2.05) is 0 Å². The molecular weight excluding hydrogens is 170 g/mol. The van der Waals surface area contributed by atoms with E-state index in [9.17, 15) is 9.90 Å². The number of ether oxygens (including phenoxy) is 1. The molecule has 0 spiro atoms. The highest BCUT2D eigenvalue weighted by molar-refractivity contribution is 5.80. The van der Waals surface area contributed by atoms with Crippen LogP contribution in [0.25, 0.3) is 0 Å². The molecule has 1 fully saturated rings. The zero-order valence-corrected chi connectivity index (χ0v) is 7.95. The van der Waals surface area contributed by atoms with Gasteiger partial charge in [0.15, 0.2) is 5.60 Å². The van der Waals surface area contributed by atoms with Crippen molar-refractivity contribution in [1.29, 1.82) is 0 Å². The van der Waals surface area contributed by atoms with Gasteiger partial charge < -0.3 is 15.6 Å². The molecule has 1 saturated carbocycles. The van der Waals surface area contributed by atoms with E-state index < -0.39 is 17.6 Å². The predicted octanol–water partition coefficient (Wildman–Crippen LogP) is 0.182. The summed E-state index contributed by atoms with van der Waals surface area (Å²) in [5, 5.41) is 9.94. The van der Waals surface area contributed by atoms with Gasteiger partial charge in [0.2, 0.25) is 0 Å². The van der Waals surface area contributed by atoms with Crippen LogP contribution in [0, 0.1) is 0 Å². The van der Waals surface area contributed by atoms with E-state index in [0.717, 1.165) is 12.8 Å². The summed E-state index contributed by atoms with van der Waals surface area (Å²) >= 11 is 0. The lowest BCUT2D eigenvalue weighted by Gasteiger charge is -2.35. The Labute approximate surface area is 78.1 Å². The summed E-state index contributed by atoms with van der Waals surface area (Å²) in [7, 11) is 0. The van der Waals surface area contributed by atoms with Crippen molar-refractivity contribution in [3.63, 3.8) is 0 Å². The number of nitrogens with two attached hydrogens (primary N) is 1. The van der Waals surface area contributed by atoms with Crippen molar-refractivity contribution in [1.82, 2.24) is 0 Å². The average molecular weight is 187 g/mol. The highest BCUT2D eigenvalue weighted by Gasteiger charge is 2.44. The fourth-order valence-electron chi connectivity index (χ4n) is 1.69. The van der Waals surface area contributed by atoms with E-state index in [1.165, 1.54) is 0 Å². The van der Waals surface area contributed by atoms with Crippen molar-refractivity contribution in [2.45, 2.75) is 44.2 Å². The molecule has 0 radical (unpaired) electrons. The normalized spacial score (nSPS) is 34.2. The van der Waals surface area contributed by atoms with Gasteiger partial charge in [-0.15, -0.1) is 0 Å². The van der Waals surface area contributed by atoms with Crippen molar-refractivity contribution >= 4 is 5.97 Å². The maximum Gasteiger partial charge on any atom is 0.339 e. The first-order valence-electron chi connectivity index (χ1n) is 4.76.